The smallest absolute Gasteiger partial charge is 0.258 e. The molecule has 1 heterocycles. The molecule has 124 valence electrons. The molecule has 24 heavy (non-hydrogen) atoms. The summed E-state index contributed by atoms with van der Waals surface area (Å²) in [6.07, 6.45) is 2.21. The Morgan fingerprint density at radius 3 is 2.33 bits per heavy atom. The number of hydrogen-bond donors (Lipinski definition) is 3. The average molecular weight is 363 g/mol. The molecule has 1 amide bonds. The zero-order chi connectivity index (χ0) is 16.9. The van der Waals surface area contributed by atoms with Crippen molar-refractivity contribution in [1.29, 1.82) is 0 Å². The SMILES string of the molecule is O=C(N/N=C/c1ccc(Cl)cc1)C1CC(c2ccc(Cl)cc2)NN1. The highest BCUT2D eigenvalue weighted by molar-refractivity contribution is 6.30. The molecular weight excluding hydrogens is 347 g/mol. The highest BCUT2D eigenvalue weighted by atomic mass is 35.5. The van der Waals surface area contributed by atoms with Crippen molar-refractivity contribution in [2.75, 3.05) is 0 Å². The van der Waals surface area contributed by atoms with E-state index in [0.29, 0.717) is 16.5 Å². The summed E-state index contributed by atoms with van der Waals surface area (Å²) in [5.74, 6) is -0.191. The Kier molecular flexibility index (Phi) is 5.48. The molecule has 3 rings (SSSR count). The van der Waals surface area contributed by atoms with E-state index in [2.05, 4.69) is 21.4 Å². The molecule has 2 atom stereocenters. The fraction of sp³-hybridized carbons (Fsp3) is 0.176. The van der Waals surface area contributed by atoms with Crippen LogP contribution in [-0.2, 0) is 4.79 Å². The predicted molar refractivity (Wildman–Crippen MR) is 96.1 cm³/mol. The van der Waals surface area contributed by atoms with E-state index in [9.17, 15) is 4.79 Å². The fourth-order valence-electron chi connectivity index (χ4n) is 2.44. The van der Waals surface area contributed by atoms with Gasteiger partial charge in [0.25, 0.3) is 5.91 Å². The summed E-state index contributed by atoms with van der Waals surface area (Å²) in [5, 5.41) is 5.32. The molecule has 0 saturated carbocycles. The average Bonchev–Trinajstić information content (AvgIpc) is 3.07. The molecular formula is C17H16Cl2N4O. The fourth-order valence-corrected chi connectivity index (χ4v) is 2.69. The minimum atomic E-state index is -0.354. The number of carbonyl (C=O) groups is 1. The lowest BCUT2D eigenvalue weighted by molar-refractivity contribution is -0.122. The molecule has 2 unspecified atom stereocenters. The first-order chi connectivity index (χ1) is 11.6. The Balaban J connectivity index is 1.52. The molecule has 1 aliphatic heterocycles. The minimum absolute atomic E-state index is 0.0539. The van der Waals surface area contributed by atoms with Gasteiger partial charge in [-0.1, -0.05) is 47.5 Å². The first-order valence-electron chi connectivity index (χ1n) is 7.47. The van der Waals surface area contributed by atoms with Gasteiger partial charge in [0.2, 0.25) is 0 Å². The number of rotatable bonds is 4. The van der Waals surface area contributed by atoms with Crippen LogP contribution in [0.1, 0.15) is 23.6 Å². The van der Waals surface area contributed by atoms with E-state index < -0.39 is 0 Å². The lowest BCUT2D eigenvalue weighted by atomic mass is 10.0. The van der Waals surface area contributed by atoms with Crippen LogP contribution in [0.15, 0.2) is 53.6 Å². The van der Waals surface area contributed by atoms with E-state index >= 15 is 0 Å². The molecule has 1 fully saturated rings. The van der Waals surface area contributed by atoms with Crippen molar-refractivity contribution < 1.29 is 4.79 Å². The summed E-state index contributed by atoms with van der Waals surface area (Å²) in [5.41, 5.74) is 10.6. The summed E-state index contributed by atoms with van der Waals surface area (Å²) in [6.45, 7) is 0. The van der Waals surface area contributed by atoms with Gasteiger partial charge in [-0.05, 0) is 41.8 Å². The Labute approximate surface area is 150 Å². The lowest BCUT2D eigenvalue weighted by Crippen LogP contribution is -2.41. The number of benzene rings is 2. The van der Waals surface area contributed by atoms with E-state index in [1.165, 1.54) is 0 Å². The Morgan fingerprint density at radius 2 is 1.67 bits per heavy atom. The monoisotopic (exact) mass is 362 g/mol. The lowest BCUT2D eigenvalue weighted by Gasteiger charge is -2.09. The second-order valence-electron chi connectivity index (χ2n) is 5.47. The third-order valence-corrected chi connectivity index (χ3v) is 4.25. The van der Waals surface area contributed by atoms with Gasteiger partial charge in [-0.15, -0.1) is 0 Å². The molecule has 1 saturated heterocycles. The minimum Gasteiger partial charge on any atom is -0.271 e. The van der Waals surface area contributed by atoms with Gasteiger partial charge < -0.3 is 0 Å². The predicted octanol–water partition coefficient (Wildman–Crippen LogP) is 3.05. The molecule has 7 heteroatoms. The van der Waals surface area contributed by atoms with Gasteiger partial charge in [0.1, 0.15) is 6.04 Å². The van der Waals surface area contributed by atoms with Crippen LogP contribution < -0.4 is 16.3 Å². The number of hydrazine groups is 1. The van der Waals surface area contributed by atoms with Gasteiger partial charge in [-0.25, -0.2) is 16.3 Å². The van der Waals surface area contributed by atoms with Crippen molar-refractivity contribution in [1.82, 2.24) is 16.3 Å². The second-order valence-corrected chi connectivity index (χ2v) is 6.34. The van der Waals surface area contributed by atoms with Crippen LogP contribution in [0.25, 0.3) is 0 Å². The number of amides is 1. The quantitative estimate of drug-likeness (QED) is 0.578. The zero-order valence-corrected chi connectivity index (χ0v) is 14.2. The van der Waals surface area contributed by atoms with Crippen LogP contribution in [0.2, 0.25) is 10.0 Å². The summed E-state index contributed by atoms with van der Waals surface area (Å²) in [4.78, 5) is 12.2. The molecule has 0 spiro atoms. The number of hydrogen-bond acceptors (Lipinski definition) is 4. The molecule has 5 nitrogen and oxygen atoms in total. The molecule has 3 N–H and O–H groups in total. The standard InChI is InChI=1S/C17H16Cl2N4O/c18-13-5-1-11(2-6-13)10-20-23-17(24)16-9-15(21-22-16)12-3-7-14(19)8-4-12/h1-8,10,15-16,21-22H,9H2,(H,23,24)/b20-10+. The highest BCUT2D eigenvalue weighted by Gasteiger charge is 2.29. The van der Waals surface area contributed by atoms with Crippen molar-refractivity contribution in [3.8, 4) is 0 Å². The van der Waals surface area contributed by atoms with E-state index in [1.807, 2.05) is 36.4 Å². The maximum Gasteiger partial charge on any atom is 0.258 e. The molecule has 0 radical (unpaired) electrons. The summed E-state index contributed by atoms with van der Waals surface area (Å²) in [6, 6.07) is 14.4. The first-order valence-corrected chi connectivity index (χ1v) is 8.22. The third kappa shape index (κ3) is 4.33. The van der Waals surface area contributed by atoms with Crippen molar-refractivity contribution >= 4 is 35.3 Å². The molecule has 0 aromatic heterocycles. The molecule has 0 bridgehead atoms. The van der Waals surface area contributed by atoms with Crippen molar-refractivity contribution in [3.63, 3.8) is 0 Å². The van der Waals surface area contributed by atoms with Crippen LogP contribution in [0.4, 0.5) is 0 Å². The van der Waals surface area contributed by atoms with Crippen LogP contribution in [0.5, 0.6) is 0 Å². The topological polar surface area (TPSA) is 65.5 Å². The van der Waals surface area contributed by atoms with Crippen molar-refractivity contribution in [2.45, 2.75) is 18.5 Å². The van der Waals surface area contributed by atoms with Gasteiger partial charge >= 0.3 is 0 Å². The third-order valence-electron chi connectivity index (χ3n) is 3.75. The van der Waals surface area contributed by atoms with Crippen molar-refractivity contribution in [2.24, 2.45) is 5.10 Å². The van der Waals surface area contributed by atoms with Gasteiger partial charge in [-0.2, -0.15) is 5.10 Å². The summed E-state index contributed by atoms with van der Waals surface area (Å²) in [7, 11) is 0. The Bertz CT molecular complexity index is 731. The van der Waals surface area contributed by atoms with Crippen molar-refractivity contribution in [3.05, 3.63) is 69.7 Å². The summed E-state index contributed by atoms with van der Waals surface area (Å²) >= 11 is 11.7. The highest BCUT2D eigenvalue weighted by Crippen LogP contribution is 2.23. The molecule has 2 aromatic carbocycles. The molecule has 1 aliphatic rings. The van der Waals surface area contributed by atoms with E-state index in [4.69, 9.17) is 23.2 Å². The number of nitrogens with zero attached hydrogens (tertiary/aromatic N) is 1. The number of carbonyl (C=O) groups excluding carboxylic acids is 1. The van der Waals surface area contributed by atoms with Gasteiger partial charge in [0, 0.05) is 16.1 Å². The number of hydrazone groups is 1. The first kappa shape index (κ1) is 16.9. The van der Waals surface area contributed by atoms with E-state index in [1.54, 1.807) is 18.3 Å². The Morgan fingerprint density at radius 1 is 1.04 bits per heavy atom. The van der Waals surface area contributed by atoms with Crippen LogP contribution in [-0.4, -0.2) is 18.2 Å². The molecule has 0 aliphatic carbocycles. The van der Waals surface area contributed by atoms with Gasteiger partial charge in [0.15, 0.2) is 0 Å². The Hall–Kier alpha value is -1.92. The van der Waals surface area contributed by atoms with Gasteiger partial charge in [0.05, 0.1) is 6.21 Å². The van der Waals surface area contributed by atoms with Crippen LogP contribution in [0, 0.1) is 0 Å². The maximum absolute atomic E-state index is 12.2. The second kappa shape index (κ2) is 7.77. The maximum atomic E-state index is 12.2. The number of nitrogens with one attached hydrogen (secondary N) is 3. The number of halogens is 2. The largest absolute Gasteiger partial charge is 0.271 e. The van der Waals surface area contributed by atoms with E-state index in [-0.39, 0.29) is 18.0 Å². The van der Waals surface area contributed by atoms with Crippen LogP contribution in [0.3, 0.4) is 0 Å². The van der Waals surface area contributed by atoms with Crippen LogP contribution >= 0.6 is 23.2 Å². The zero-order valence-electron chi connectivity index (χ0n) is 12.7. The normalized spacial score (nSPS) is 20.4. The van der Waals surface area contributed by atoms with Gasteiger partial charge in [-0.3, -0.25) is 4.79 Å². The molecule has 2 aromatic rings. The summed E-state index contributed by atoms with van der Waals surface area (Å²) < 4.78 is 0. The van der Waals surface area contributed by atoms with E-state index in [0.717, 1.165) is 11.1 Å².